The summed E-state index contributed by atoms with van der Waals surface area (Å²) in [6, 6.07) is 15.4. The molecule has 0 radical (unpaired) electrons. The first-order valence-corrected chi connectivity index (χ1v) is 15.7. The Morgan fingerprint density at radius 2 is 1.26 bits per heavy atom. The predicted molar refractivity (Wildman–Crippen MR) is 180 cm³/mol. The molecule has 46 heavy (non-hydrogen) atoms. The zero-order valence-corrected chi connectivity index (χ0v) is 28.1. The number of carbonyl (C=O) groups is 4. The third-order valence-electron chi connectivity index (χ3n) is 6.71. The van der Waals surface area contributed by atoms with Crippen LogP contribution in [0.15, 0.2) is 53.5 Å². The number of nitrogens with two attached hydrogens (primary N) is 2. The number of aldehydes is 2. The van der Waals surface area contributed by atoms with Crippen LogP contribution < -0.4 is 22.1 Å². The number of aliphatic imine (C=N–C) groups is 1. The van der Waals surface area contributed by atoms with Gasteiger partial charge in [-0.05, 0) is 89.5 Å². The third-order valence-corrected chi connectivity index (χ3v) is 6.71. The number of nitrogens with one attached hydrogen (secondary N) is 2. The van der Waals surface area contributed by atoms with Gasteiger partial charge in [-0.15, -0.1) is 0 Å². The number of unbranched alkanes of at least 4 members (excludes halogenated alkanes) is 3. The number of amides is 2. The lowest BCUT2D eigenvalue weighted by molar-refractivity contribution is -0.112. The molecular weight excluding hydrogens is 586 g/mol. The molecule has 0 unspecified atom stereocenters. The number of hydrogen-bond acceptors (Lipinski definition) is 9. The molecule has 0 aliphatic rings. The van der Waals surface area contributed by atoms with E-state index >= 15 is 0 Å². The number of ether oxygens (including phenoxy) is 2. The molecule has 0 bridgehead atoms. The van der Waals surface area contributed by atoms with Crippen LogP contribution in [0.5, 0.6) is 0 Å². The first kappa shape index (κ1) is 38.1. The Morgan fingerprint density at radius 1 is 0.783 bits per heavy atom. The van der Waals surface area contributed by atoms with Crippen molar-refractivity contribution in [1.82, 2.24) is 10.6 Å². The van der Waals surface area contributed by atoms with Crippen molar-refractivity contribution in [2.45, 2.75) is 109 Å². The molecule has 0 spiro atoms. The lowest BCUT2D eigenvalue weighted by atomic mass is 9.87. The van der Waals surface area contributed by atoms with Gasteiger partial charge in [0, 0.05) is 6.54 Å². The Balaban J connectivity index is 1.85. The molecule has 2 rings (SSSR count). The van der Waals surface area contributed by atoms with Gasteiger partial charge in [-0.2, -0.15) is 0 Å². The molecule has 11 nitrogen and oxygen atoms in total. The fraction of sp³-hybridized carbons (Fsp3) is 0.514. The molecule has 6 N–H and O–H groups in total. The largest absolute Gasteiger partial charge is 0.444 e. The van der Waals surface area contributed by atoms with Gasteiger partial charge in [0.15, 0.2) is 0 Å². The zero-order chi connectivity index (χ0) is 34.4. The number of nitrogens with zero attached hydrogens (tertiary/aromatic N) is 1. The first-order valence-electron chi connectivity index (χ1n) is 15.7. The highest BCUT2D eigenvalue weighted by Gasteiger charge is 2.24. The summed E-state index contributed by atoms with van der Waals surface area (Å²) in [5.41, 5.74) is 13.9. The van der Waals surface area contributed by atoms with Crippen LogP contribution in [0.1, 0.15) is 84.8 Å². The second-order valence-electron chi connectivity index (χ2n) is 13.6. The van der Waals surface area contributed by atoms with Crippen LogP contribution >= 0.6 is 0 Å². The average molecular weight is 638 g/mol. The molecule has 0 heterocycles. The Labute approximate surface area is 272 Å². The van der Waals surface area contributed by atoms with E-state index in [1.165, 1.54) is 0 Å². The molecule has 11 heteroatoms. The van der Waals surface area contributed by atoms with Crippen LogP contribution in [0.2, 0.25) is 0 Å². The Bertz CT molecular complexity index is 1280. The highest BCUT2D eigenvalue weighted by molar-refractivity contribution is 6.01. The lowest BCUT2D eigenvalue weighted by Crippen LogP contribution is -2.47. The van der Waals surface area contributed by atoms with E-state index in [1.807, 2.05) is 48.5 Å². The van der Waals surface area contributed by atoms with Crippen molar-refractivity contribution in [3.8, 4) is 11.1 Å². The molecular formula is C35H51N5O6. The van der Waals surface area contributed by atoms with Crippen molar-refractivity contribution in [1.29, 1.82) is 0 Å². The minimum atomic E-state index is -0.972. The molecule has 252 valence electrons. The van der Waals surface area contributed by atoms with Crippen molar-refractivity contribution in [3.63, 3.8) is 0 Å². The van der Waals surface area contributed by atoms with Crippen LogP contribution in [0.4, 0.5) is 9.59 Å². The van der Waals surface area contributed by atoms with Crippen molar-refractivity contribution in [3.05, 3.63) is 59.7 Å². The number of guanidine groups is 1. The smallest absolute Gasteiger partial charge is 0.414 e. The van der Waals surface area contributed by atoms with Crippen LogP contribution in [-0.4, -0.2) is 60.0 Å². The highest BCUT2D eigenvalue weighted by Crippen LogP contribution is 2.23. The molecule has 2 amide bonds. The second-order valence-corrected chi connectivity index (χ2v) is 13.6. The second kappa shape index (κ2) is 17.6. The van der Waals surface area contributed by atoms with Crippen LogP contribution in [-0.2, 0) is 31.9 Å². The van der Waals surface area contributed by atoms with Gasteiger partial charge >= 0.3 is 12.2 Å². The van der Waals surface area contributed by atoms with E-state index in [-0.39, 0.29) is 5.96 Å². The molecule has 0 aromatic heterocycles. The van der Waals surface area contributed by atoms with Crippen LogP contribution in [0, 0.1) is 0 Å². The standard InChI is InChI=1S/C35H51N5O6/c1-33(2,3)45-31(43)39-30(40-32(44)46-34(4,5)6)38-20-10-8-7-9-19-35(37,24-42)22-26-13-17-28(18-14-26)27-15-11-25(12-16-27)21-29(36)23-41/h11-18,23-24,29H,7-10,19-22,36-37H2,1-6H3,(H2,38,39,40,43,44)/t29-,35-/m0/s1. The summed E-state index contributed by atoms with van der Waals surface area (Å²) in [5, 5.41) is 4.95. The fourth-order valence-electron chi connectivity index (χ4n) is 4.56. The van der Waals surface area contributed by atoms with E-state index < -0.39 is 35.0 Å². The van der Waals surface area contributed by atoms with Gasteiger partial charge in [-0.25, -0.2) is 9.59 Å². The summed E-state index contributed by atoms with van der Waals surface area (Å²) in [4.78, 5) is 51.6. The molecule has 0 saturated carbocycles. The zero-order valence-electron chi connectivity index (χ0n) is 28.1. The third kappa shape index (κ3) is 15.3. The van der Waals surface area contributed by atoms with Crippen molar-refractivity contribution in [2.24, 2.45) is 16.5 Å². The molecule has 2 aromatic rings. The molecule has 0 fully saturated rings. The van der Waals surface area contributed by atoms with Gasteiger partial charge in [0.2, 0.25) is 5.96 Å². The van der Waals surface area contributed by atoms with Gasteiger partial charge in [0.25, 0.3) is 0 Å². The van der Waals surface area contributed by atoms with Gasteiger partial charge < -0.3 is 30.5 Å². The van der Waals surface area contributed by atoms with Crippen LogP contribution in [0.25, 0.3) is 11.1 Å². The molecule has 0 aliphatic carbocycles. The number of benzene rings is 2. The quantitative estimate of drug-likeness (QED) is 0.0944. The van der Waals surface area contributed by atoms with Gasteiger partial charge in [0.1, 0.15) is 23.8 Å². The number of alkyl carbamates (subject to hydrolysis) is 2. The maximum absolute atomic E-state index is 12.2. The Kier molecular flexibility index (Phi) is 14.5. The van der Waals surface area contributed by atoms with Crippen LogP contribution in [0.3, 0.4) is 0 Å². The van der Waals surface area contributed by atoms with Crippen molar-refractivity contribution < 1.29 is 28.7 Å². The number of rotatable bonds is 14. The van der Waals surface area contributed by atoms with E-state index in [1.54, 1.807) is 41.5 Å². The minimum Gasteiger partial charge on any atom is -0.444 e. The summed E-state index contributed by atoms with van der Waals surface area (Å²) in [5.74, 6) is -0.0483. The highest BCUT2D eigenvalue weighted by atomic mass is 16.6. The normalized spacial score (nSPS) is 13.5. The number of carbonyl (C=O) groups excluding carboxylic acids is 4. The summed E-state index contributed by atoms with van der Waals surface area (Å²) in [6.07, 6.45) is 4.69. The lowest BCUT2D eigenvalue weighted by Gasteiger charge is -2.23. The predicted octanol–water partition coefficient (Wildman–Crippen LogP) is 5.22. The van der Waals surface area contributed by atoms with Gasteiger partial charge in [-0.3, -0.25) is 15.6 Å². The summed E-state index contributed by atoms with van der Waals surface area (Å²) >= 11 is 0. The Hall–Kier alpha value is -4.09. The van der Waals surface area contributed by atoms with Crippen molar-refractivity contribution >= 4 is 30.7 Å². The maximum atomic E-state index is 12.2. The SMILES string of the molecule is CC(C)(C)OC(=O)NC(=NCCCCCC[C@@](N)(C=O)Cc1ccc(-c2ccc(C[C@H](N)C=O)cc2)cc1)NC(=O)OC(C)(C)C. The van der Waals surface area contributed by atoms with Gasteiger partial charge in [0.05, 0.1) is 11.6 Å². The molecule has 0 saturated heterocycles. The Morgan fingerprint density at radius 3 is 1.72 bits per heavy atom. The fourth-order valence-corrected chi connectivity index (χ4v) is 4.56. The van der Waals surface area contributed by atoms with Gasteiger partial charge in [-0.1, -0.05) is 67.8 Å². The average Bonchev–Trinajstić information content (AvgIpc) is 2.95. The summed E-state index contributed by atoms with van der Waals surface area (Å²) in [7, 11) is 0. The number of hydrogen-bond donors (Lipinski definition) is 4. The maximum Gasteiger partial charge on any atom is 0.414 e. The summed E-state index contributed by atoms with van der Waals surface area (Å²) < 4.78 is 10.5. The van der Waals surface area contributed by atoms with E-state index in [2.05, 4.69) is 15.6 Å². The first-order chi connectivity index (χ1) is 21.5. The summed E-state index contributed by atoms with van der Waals surface area (Å²) in [6.45, 7) is 10.8. The monoisotopic (exact) mass is 637 g/mol. The van der Waals surface area contributed by atoms with E-state index in [0.717, 1.165) is 54.1 Å². The minimum absolute atomic E-state index is 0.0483. The van der Waals surface area contributed by atoms with Crippen molar-refractivity contribution in [2.75, 3.05) is 6.54 Å². The van der Waals surface area contributed by atoms with E-state index in [9.17, 15) is 19.2 Å². The molecule has 2 atom stereocenters. The topological polar surface area (TPSA) is 175 Å². The van der Waals surface area contributed by atoms with E-state index in [4.69, 9.17) is 20.9 Å². The molecule has 0 aliphatic heterocycles. The van der Waals surface area contributed by atoms with E-state index in [0.29, 0.717) is 32.2 Å². The molecule has 2 aromatic carbocycles.